The molecule has 10 heteroatoms. The molecule has 0 aliphatic carbocycles. The third-order valence-corrected chi connectivity index (χ3v) is 7.44. The lowest BCUT2D eigenvalue weighted by Gasteiger charge is -2.38. The average molecular weight is 510 g/mol. The zero-order valence-corrected chi connectivity index (χ0v) is 22.2. The summed E-state index contributed by atoms with van der Waals surface area (Å²) in [5.74, 6) is -0.135. The summed E-state index contributed by atoms with van der Waals surface area (Å²) in [5.41, 5.74) is 2.27. The highest BCUT2D eigenvalue weighted by molar-refractivity contribution is 5.94. The quantitative estimate of drug-likeness (QED) is 0.302. The third kappa shape index (κ3) is 5.77. The summed E-state index contributed by atoms with van der Waals surface area (Å²) < 4.78 is 0. The molecule has 3 atom stereocenters. The van der Waals surface area contributed by atoms with Gasteiger partial charge < -0.3 is 20.2 Å². The standard InChI is InChI=1S/C27H39N7O3/c1-6-22(35)33-14-10-13-19(15-33)25(36)29-24-20-16-34(27(2,3)23(20)30-31-24)26(37)28-21(17-32(4)5)18-11-8-7-9-12-18/h6-9,11-12,19,21,26,28,37H,1,10,13-17H2,2-5H3,(H2,29,30,31,36)/t19-,21+,26?/m0/s1. The molecule has 0 bridgehead atoms. The number of aliphatic hydroxyl groups excluding tert-OH is 1. The number of aromatic amines is 1. The summed E-state index contributed by atoms with van der Waals surface area (Å²) in [4.78, 5) is 30.8. The highest BCUT2D eigenvalue weighted by Crippen LogP contribution is 2.41. The van der Waals surface area contributed by atoms with Gasteiger partial charge in [-0.2, -0.15) is 5.10 Å². The number of nitrogens with zero attached hydrogens (tertiary/aromatic N) is 4. The van der Waals surface area contributed by atoms with Gasteiger partial charge in [-0.05, 0) is 52.4 Å². The van der Waals surface area contributed by atoms with Crippen molar-refractivity contribution < 1.29 is 14.7 Å². The van der Waals surface area contributed by atoms with E-state index in [0.29, 0.717) is 31.9 Å². The third-order valence-electron chi connectivity index (χ3n) is 7.44. The van der Waals surface area contributed by atoms with Crippen LogP contribution in [0.2, 0.25) is 0 Å². The zero-order valence-electron chi connectivity index (χ0n) is 22.2. The number of amides is 2. The fraction of sp³-hybridized carbons (Fsp3) is 0.519. The van der Waals surface area contributed by atoms with Crippen LogP contribution in [0, 0.1) is 5.92 Å². The molecule has 1 aromatic heterocycles. The minimum atomic E-state index is -0.929. The van der Waals surface area contributed by atoms with Gasteiger partial charge in [-0.15, -0.1) is 0 Å². The number of hydrogen-bond acceptors (Lipinski definition) is 7. The van der Waals surface area contributed by atoms with E-state index >= 15 is 0 Å². The Morgan fingerprint density at radius 3 is 2.73 bits per heavy atom. The van der Waals surface area contributed by atoms with Gasteiger partial charge in [0.1, 0.15) is 0 Å². The number of hydrogen-bond donors (Lipinski definition) is 4. The number of likely N-dealkylation sites (N-methyl/N-ethyl adjacent to an activating group) is 1. The molecule has 1 aromatic carbocycles. The molecule has 3 heterocycles. The molecule has 2 aromatic rings. The first-order valence-electron chi connectivity index (χ1n) is 12.8. The molecule has 37 heavy (non-hydrogen) atoms. The van der Waals surface area contributed by atoms with Crippen molar-refractivity contribution in [1.82, 2.24) is 30.2 Å². The molecule has 4 rings (SSSR count). The fourth-order valence-electron chi connectivity index (χ4n) is 5.35. The van der Waals surface area contributed by atoms with E-state index in [1.54, 1.807) is 4.90 Å². The number of anilines is 1. The molecular weight excluding hydrogens is 470 g/mol. The SMILES string of the molecule is C=CC(=O)N1CCC[C@H](C(=O)Nc2n[nH]c3c2CN(C(O)N[C@H](CN(C)C)c2ccccc2)C3(C)C)C1. The topological polar surface area (TPSA) is 117 Å². The number of piperidine rings is 1. The van der Waals surface area contributed by atoms with Gasteiger partial charge in [0, 0.05) is 37.8 Å². The number of fused-ring (bicyclic) bond motifs is 1. The Labute approximate surface area is 218 Å². The highest BCUT2D eigenvalue weighted by atomic mass is 16.3. The maximum atomic E-state index is 13.1. The Bertz CT molecular complexity index is 1110. The summed E-state index contributed by atoms with van der Waals surface area (Å²) in [6.45, 7) is 9.74. The van der Waals surface area contributed by atoms with Gasteiger partial charge in [0.15, 0.2) is 12.2 Å². The monoisotopic (exact) mass is 509 g/mol. The van der Waals surface area contributed by atoms with Crippen LogP contribution in [0.15, 0.2) is 43.0 Å². The highest BCUT2D eigenvalue weighted by Gasteiger charge is 2.45. The number of aromatic nitrogens is 2. The molecule has 10 nitrogen and oxygen atoms in total. The molecule has 200 valence electrons. The summed E-state index contributed by atoms with van der Waals surface area (Å²) >= 11 is 0. The van der Waals surface area contributed by atoms with Gasteiger partial charge in [0.25, 0.3) is 0 Å². The van der Waals surface area contributed by atoms with Crippen molar-refractivity contribution in [3.63, 3.8) is 0 Å². The number of H-pyrrole nitrogens is 1. The molecular formula is C27H39N7O3. The Morgan fingerprint density at radius 2 is 2.05 bits per heavy atom. The van der Waals surface area contributed by atoms with Crippen LogP contribution in [0.3, 0.4) is 0 Å². The second kappa shape index (κ2) is 11.1. The van der Waals surface area contributed by atoms with Crippen molar-refractivity contribution in [2.45, 2.75) is 51.2 Å². The number of carbonyl (C=O) groups excluding carboxylic acids is 2. The van der Waals surface area contributed by atoms with Crippen LogP contribution in [0.5, 0.6) is 0 Å². The Balaban J connectivity index is 1.46. The number of likely N-dealkylation sites (tertiary alicyclic amines) is 1. The van der Waals surface area contributed by atoms with E-state index in [4.69, 9.17) is 0 Å². The molecule has 1 unspecified atom stereocenters. The first kappa shape index (κ1) is 27.0. The summed E-state index contributed by atoms with van der Waals surface area (Å²) in [6, 6.07) is 10.0. The van der Waals surface area contributed by atoms with Crippen molar-refractivity contribution in [2.75, 3.05) is 39.0 Å². The van der Waals surface area contributed by atoms with Crippen LogP contribution in [-0.4, -0.2) is 81.9 Å². The van der Waals surface area contributed by atoms with Crippen LogP contribution in [-0.2, 0) is 21.7 Å². The van der Waals surface area contributed by atoms with Crippen molar-refractivity contribution in [3.05, 3.63) is 59.8 Å². The zero-order chi connectivity index (χ0) is 26.7. The van der Waals surface area contributed by atoms with E-state index in [-0.39, 0.29) is 23.8 Å². The molecule has 0 spiro atoms. The second-order valence-corrected chi connectivity index (χ2v) is 10.7. The van der Waals surface area contributed by atoms with E-state index in [1.807, 2.05) is 51.0 Å². The van der Waals surface area contributed by atoms with E-state index in [1.165, 1.54) is 6.08 Å². The number of carbonyl (C=O) groups is 2. The van der Waals surface area contributed by atoms with Crippen molar-refractivity contribution in [3.8, 4) is 0 Å². The minimum Gasteiger partial charge on any atom is -0.365 e. The second-order valence-electron chi connectivity index (χ2n) is 10.7. The van der Waals surface area contributed by atoms with Crippen molar-refractivity contribution in [1.29, 1.82) is 0 Å². The molecule has 2 aliphatic rings. The lowest BCUT2D eigenvalue weighted by molar-refractivity contribution is -0.130. The normalized spacial score (nSPS) is 20.9. The van der Waals surface area contributed by atoms with E-state index < -0.39 is 11.9 Å². The maximum Gasteiger partial charge on any atom is 0.245 e. The van der Waals surface area contributed by atoms with Crippen LogP contribution in [0.4, 0.5) is 5.82 Å². The molecule has 1 fully saturated rings. The molecule has 2 aliphatic heterocycles. The van der Waals surface area contributed by atoms with Crippen LogP contribution in [0.25, 0.3) is 0 Å². The van der Waals surface area contributed by atoms with E-state index in [0.717, 1.165) is 29.8 Å². The first-order chi connectivity index (χ1) is 17.6. The predicted octanol–water partition coefficient (Wildman–Crippen LogP) is 1.99. The first-order valence-corrected chi connectivity index (χ1v) is 12.8. The van der Waals surface area contributed by atoms with Gasteiger partial charge >= 0.3 is 0 Å². The van der Waals surface area contributed by atoms with Crippen LogP contribution >= 0.6 is 0 Å². The van der Waals surface area contributed by atoms with Crippen molar-refractivity contribution >= 4 is 17.6 Å². The molecule has 4 N–H and O–H groups in total. The van der Waals surface area contributed by atoms with Gasteiger partial charge in [-0.3, -0.25) is 24.9 Å². The molecule has 2 amide bonds. The largest absolute Gasteiger partial charge is 0.365 e. The Hall–Kier alpha value is -3.05. The summed E-state index contributed by atoms with van der Waals surface area (Å²) in [6.07, 6.45) is 1.84. The Kier molecular flexibility index (Phi) is 8.13. The average Bonchev–Trinajstić information content (AvgIpc) is 3.41. The van der Waals surface area contributed by atoms with Crippen LogP contribution in [0.1, 0.15) is 49.6 Å². The maximum absolute atomic E-state index is 13.1. The predicted molar refractivity (Wildman–Crippen MR) is 142 cm³/mol. The minimum absolute atomic E-state index is 0.0780. The number of benzene rings is 1. The lowest BCUT2D eigenvalue weighted by atomic mass is 9.97. The number of aliphatic hydroxyl groups is 1. The number of rotatable bonds is 9. The fourth-order valence-corrected chi connectivity index (χ4v) is 5.35. The summed E-state index contributed by atoms with van der Waals surface area (Å²) in [7, 11) is 4.02. The lowest BCUT2D eigenvalue weighted by Crippen LogP contribution is -2.52. The summed E-state index contributed by atoms with van der Waals surface area (Å²) in [5, 5.41) is 25.2. The smallest absolute Gasteiger partial charge is 0.245 e. The van der Waals surface area contributed by atoms with E-state index in [9.17, 15) is 14.7 Å². The van der Waals surface area contributed by atoms with Crippen LogP contribution < -0.4 is 10.6 Å². The Morgan fingerprint density at radius 1 is 1.32 bits per heavy atom. The van der Waals surface area contributed by atoms with Gasteiger partial charge in [-0.25, -0.2) is 0 Å². The van der Waals surface area contributed by atoms with E-state index in [2.05, 4.69) is 44.4 Å². The number of nitrogens with one attached hydrogen (secondary N) is 3. The molecule has 0 radical (unpaired) electrons. The molecule has 1 saturated heterocycles. The van der Waals surface area contributed by atoms with Gasteiger partial charge in [0.2, 0.25) is 11.8 Å². The van der Waals surface area contributed by atoms with Crippen molar-refractivity contribution in [2.24, 2.45) is 5.92 Å². The van der Waals surface area contributed by atoms with Gasteiger partial charge in [-0.1, -0.05) is 36.9 Å². The molecule has 0 saturated carbocycles. The van der Waals surface area contributed by atoms with Gasteiger partial charge in [0.05, 0.1) is 17.2 Å².